The number of carboxylic acid groups (broad SMARTS) is 1. The lowest BCUT2D eigenvalue weighted by Gasteiger charge is -2.43. The molecule has 0 saturated heterocycles. The summed E-state index contributed by atoms with van der Waals surface area (Å²) in [7, 11) is -4.36. The molecule has 0 aliphatic rings. The van der Waals surface area contributed by atoms with Crippen molar-refractivity contribution < 1.29 is 67.2 Å². The molecular formula is C64H117NO14S. The first-order chi connectivity index (χ1) is 38.6. The summed E-state index contributed by atoms with van der Waals surface area (Å²) in [5.41, 5.74) is -2.18. The van der Waals surface area contributed by atoms with Crippen molar-refractivity contribution in [2.75, 3.05) is 32.1 Å². The van der Waals surface area contributed by atoms with Gasteiger partial charge in [-0.25, -0.2) is 4.79 Å². The van der Waals surface area contributed by atoms with Gasteiger partial charge in [-0.2, -0.15) is 0 Å². The van der Waals surface area contributed by atoms with E-state index in [2.05, 4.69) is 57.2 Å². The molecule has 80 heavy (non-hydrogen) atoms. The highest BCUT2D eigenvalue weighted by Gasteiger charge is 2.48. The van der Waals surface area contributed by atoms with E-state index in [1.165, 1.54) is 116 Å². The molecule has 0 bridgehead atoms. The number of nitrogens with zero attached hydrogens (tertiary/aromatic N) is 1. The number of aliphatic carboxylic acids is 1. The van der Waals surface area contributed by atoms with Crippen molar-refractivity contribution in [3.05, 3.63) is 36.5 Å². The van der Waals surface area contributed by atoms with Gasteiger partial charge in [0.05, 0.1) is 16.6 Å². The lowest BCUT2D eigenvalue weighted by atomic mass is 9.97. The van der Waals surface area contributed by atoms with Crippen LogP contribution in [0.4, 0.5) is 0 Å². The second-order valence-corrected chi connectivity index (χ2v) is 23.9. The van der Waals surface area contributed by atoms with Gasteiger partial charge in [0.15, 0.2) is 12.2 Å². The number of ether oxygens (including phenoxy) is 3. The van der Waals surface area contributed by atoms with E-state index < -0.39 is 90.5 Å². The van der Waals surface area contributed by atoms with Gasteiger partial charge in [0.1, 0.15) is 25.4 Å². The lowest BCUT2D eigenvalue weighted by molar-refractivity contribution is -0.179. The maximum absolute atomic E-state index is 14.2. The Balaban J connectivity index is 6.00. The number of hydrogen-bond acceptors (Lipinski definition) is 13. The van der Waals surface area contributed by atoms with Crippen molar-refractivity contribution in [2.24, 2.45) is 0 Å². The first-order valence-electron chi connectivity index (χ1n) is 31.9. The van der Waals surface area contributed by atoms with Crippen molar-refractivity contribution in [1.82, 2.24) is 4.90 Å². The SMILES string of the molecule is CCCCCCCCC=CCCCCCCCC(=O)OCC(COC(=O)CCCCCCCC=CCCCCCCCC)(COC(=O)CCCCCCCC=CCCCCCCCC)N(CCS(O)(O)O)C(=O)C(O)C(O)C(=O)O. The number of aliphatic hydroxyl groups excluding tert-OH is 2. The zero-order valence-electron chi connectivity index (χ0n) is 50.7. The van der Waals surface area contributed by atoms with Crippen molar-refractivity contribution in [3.63, 3.8) is 0 Å². The highest BCUT2D eigenvalue weighted by Crippen LogP contribution is 2.34. The number of unbranched alkanes of at least 4 members (excludes halogenated alkanes) is 33. The average molecular weight is 1160 g/mol. The van der Waals surface area contributed by atoms with E-state index in [4.69, 9.17) is 14.2 Å². The fraction of sp³-hybridized carbons (Fsp3) is 0.828. The second kappa shape index (κ2) is 53.7. The molecule has 0 aromatic carbocycles. The van der Waals surface area contributed by atoms with Crippen molar-refractivity contribution in [3.8, 4) is 0 Å². The Bertz CT molecular complexity index is 1480. The van der Waals surface area contributed by atoms with Gasteiger partial charge in [0, 0.05) is 25.8 Å². The molecule has 468 valence electrons. The maximum Gasteiger partial charge on any atom is 0.335 e. The molecule has 2 atom stereocenters. The summed E-state index contributed by atoms with van der Waals surface area (Å²) in [5, 5.41) is 30.8. The fourth-order valence-electron chi connectivity index (χ4n) is 9.46. The molecule has 0 aliphatic carbocycles. The van der Waals surface area contributed by atoms with Gasteiger partial charge in [-0.1, -0.05) is 211 Å². The summed E-state index contributed by atoms with van der Waals surface area (Å²) in [4.78, 5) is 66.9. The smallest absolute Gasteiger partial charge is 0.335 e. The number of rotatable bonds is 58. The summed E-state index contributed by atoms with van der Waals surface area (Å²) in [6.45, 7) is 3.41. The molecule has 6 N–H and O–H groups in total. The van der Waals surface area contributed by atoms with Crippen LogP contribution < -0.4 is 0 Å². The zero-order valence-corrected chi connectivity index (χ0v) is 51.5. The minimum atomic E-state index is -4.36. The van der Waals surface area contributed by atoms with Gasteiger partial charge in [-0.3, -0.25) is 19.2 Å². The Hall–Kier alpha value is -3.28. The third kappa shape index (κ3) is 46.2. The molecule has 0 heterocycles. The van der Waals surface area contributed by atoms with E-state index in [-0.39, 0.29) is 19.3 Å². The predicted molar refractivity (Wildman–Crippen MR) is 326 cm³/mol. The van der Waals surface area contributed by atoms with E-state index in [1.807, 2.05) is 0 Å². The monoisotopic (exact) mass is 1160 g/mol. The minimum absolute atomic E-state index is 0.0236. The van der Waals surface area contributed by atoms with Gasteiger partial charge in [-0.15, -0.1) is 0 Å². The van der Waals surface area contributed by atoms with Gasteiger partial charge in [0.2, 0.25) is 0 Å². The zero-order chi connectivity index (χ0) is 59.2. The van der Waals surface area contributed by atoms with Crippen LogP contribution in [0.15, 0.2) is 36.5 Å². The normalized spacial score (nSPS) is 13.7. The third-order valence-electron chi connectivity index (χ3n) is 14.7. The first-order valence-corrected chi connectivity index (χ1v) is 33.6. The third-order valence-corrected chi connectivity index (χ3v) is 15.4. The molecule has 0 fully saturated rings. The number of esters is 3. The highest BCUT2D eigenvalue weighted by molar-refractivity contribution is 8.19. The van der Waals surface area contributed by atoms with Gasteiger partial charge in [0.25, 0.3) is 5.91 Å². The molecule has 0 rings (SSSR count). The molecule has 0 saturated carbocycles. The first kappa shape index (κ1) is 76.7. The number of carbonyl (C=O) groups excluding carboxylic acids is 4. The van der Waals surface area contributed by atoms with Gasteiger partial charge in [-0.05, 0) is 96.3 Å². The standard InChI is InChI=1S/C64H117NO14S/c1-4-7-10-13-16-19-22-25-28-31-34-37-40-43-46-49-57(66)77-54-64(65(52-53-80(74,75)76)62(71)60(69)61(70)63(72)73,55-78-58(67)50-47-44-41-38-35-32-29-26-23-20-17-14-11-8-5-2)56-79-59(68)51-48-45-42-39-36-33-30-27-24-21-18-15-12-9-6-3/h25-30,60-61,69-70,74-76H,4-24,31-56H2,1-3H3,(H,72,73). The lowest BCUT2D eigenvalue weighted by Crippen LogP contribution is -2.65. The summed E-state index contributed by atoms with van der Waals surface area (Å²) < 4.78 is 47.5. The van der Waals surface area contributed by atoms with Crippen LogP contribution in [-0.2, 0) is 38.2 Å². The van der Waals surface area contributed by atoms with Crippen molar-refractivity contribution in [2.45, 2.75) is 308 Å². The number of hydrogen-bond donors (Lipinski definition) is 6. The minimum Gasteiger partial charge on any atom is -0.479 e. The Labute approximate surface area is 487 Å². The van der Waals surface area contributed by atoms with Crippen molar-refractivity contribution in [1.29, 1.82) is 0 Å². The molecule has 16 heteroatoms. The van der Waals surface area contributed by atoms with Crippen molar-refractivity contribution >= 4 is 40.7 Å². The largest absolute Gasteiger partial charge is 0.479 e. The molecule has 0 aromatic rings. The van der Waals surface area contributed by atoms with E-state index in [1.54, 1.807) is 0 Å². The molecule has 0 spiro atoms. The number of amides is 1. The molecule has 0 radical (unpaired) electrons. The summed E-state index contributed by atoms with van der Waals surface area (Å²) in [6, 6.07) is 0. The second-order valence-electron chi connectivity index (χ2n) is 22.3. The molecule has 0 aromatic heterocycles. The number of aliphatic hydroxyl groups is 2. The molecular weight excluding hydrogens is 1040 g/mol. The Kier molecular flexibility index (Phi) is 51.5. The highest BCUT2D eigenvalue weighted by atomic mass is 32.3. The summed E-state index contributed by atoms with van der Waals surface area (Å²) in [6.07, 6.45) is 49.6. The van der Waals surface area contributed by atoms with Crippen LogP contribution in [0, 0.1) is 0 Å². The van der Waals surface area contributed by atoms with Crippen LogP contribution >= 0.6 is 10.9 Å². The Morgan fingerprint density at radius 3 is 0.900 bits per heavy atom. The van der Waals surface area contributed by atoms with E-state index in [9.17, 15) is 53.0 Å². The van der Waals surface area contributed by atoms with Crippen LogP contribution in [0.3, 0.4) is 0 Å². The quantitative estimate of drug-likeness (QED) is 0.0144. The average Bonchev–Trinajstić information content (AvgIpc) is 3.45. The summed E-state index contributed by atoms with van der Waals surface area (Å²) in [5.74, 6) is -6.49. The van der Waals surface area contributed by atoms with E-state index >= 15 is 0 Å². The van der Waals surface area contributed by atoms with Crippen LogP contribution in [-0.4, -0.2) is 114 Å². The summed E-state index contributed by atoms with van der Waals surface area (Å²) >= 11 is 0. The topological polar surface area (TPSA) is 238 Å². The van der Waals surface area contributed by atoms with Gasteiger partial charge >= 0.3 is 23.9 Å². The van der Waals surface area contributed by atoms with Crippen LogP contribution in [0.5, 0.6) is 0 Å². The van der Waals surface area contributed by atoms with Crippen LogP contribution in [0.25, 0.3) is 0 Å². The van der Waals surface area contributed by atoms with Gasteiger partial charge < -0.3 is 48.1 Å². The number of carboxylic acids is 1. The fourth-order valence-corrected chi connectivity index (χ4v) is 9.89. The van der Waals surface area contributed by atoms with Crippen LogP contribution in [0.2, 0.25) is 0 Å². The number of allylic oxidation sites excluding steroid dienone is 6. The molecule has 0 aliphatic heterocycles. The number of carbonyl (C=O) groups is 5. The molecule has 15 nitrogen and oxygen atoms in total. The maximum atomic E-state index is 14.2. The Morgan fingerprint density at radius 1 is 0.400 bits per heavy atom. The predicted octanol–water partition coefficient (Wildman–Crippen LogP) is 16.3. The molecule has 1 amide bonds. The van der Waals surface area contributed by atoms with Crippen LogP contribution in [0.1, 0.15) is 290 Å². The molecule has 2 unspecified atom stereocenters. The van der Waals surface area contributed by atoms with E-state index in [0.29, 0.717) is 24.2 Å². The Morgan fingerprint density at radius 2 is 0.650 bits per heavy atom. The van der Waals surface area contributed by atoms with E-state index in [0.717, 1.165) is 116 Å².